The van der Waals surface area contributed by atoms with Gasteiger partial charge in [-0.05, 0) is 31.6 Å². The maximum Gasteiger partial charge on any atom is 0.237 e. The van der Waals surface area contributed by atoms with Crippen LogP contribution < -0.4 is 11.1 Å². The standard InChI is InChI=1S/C13H23N3O.ClH/c1-3-6-15-13(17)9(2)16-7-10-4-5-12(14)11(10)8-16;/h3,9-12H,1,4-8,14H2,2H3,(H,15,17);1H. The molecule has 0 aromatic carbocycles. The number of hydrogen-bond donors (Lipinski definition) is 2. The van der Waals surface area contributed by atoms with E-state index in [2.05, 4.69) is 16.8 Å². The zero-order valence-corrected chi connectivity index (χ0v) is 11.8. The number of hydrogen-bond acceptors (Lipinski definition) is 3. The van der Waals surface area contributed by atoms with Crippen molar-refractivity contribution in [3.63, 3.8) is 0 Å². The van der Waals surface area contributed by atoms with Crippen molar-refractivity contribution in [2.75, 3.05) is 19.6 Å². The third-order valence-corrected chi connectivity index (χ3v) is 4.29. The van der Waals surface area contributed by atoms with Crippen LogP contribution in [0.5, 0.6) is 0 Å². The summed E-state index contributed by atoms with van der Waals surface area (Å²) in [5.74, 6) is 1.41. The van der Waals surface area contributed by atoms with Gasteiger partial charge in [0.05, 0.1) is 6.04 Å². The zero-order chi connectivity index (χ0) is 12.4. The SMILES string of the molecule is C=CCNC(=O)C(C)N1CC2CCC(N)C2C1.Cl. The average Bonchev–Trinajstić information content (AvgIpc) is 2.88. The summed E-state index contributed by atoms with van der Waals surface area (Å²) in [4.78, 5) is 14.1. The second kappa shape index (κ2) is 6.55. The number of likely N-dealkylation sites (tertiary alicyclic amines) is 1. The van der Waals surface area contributed by atoms with Crippen molar-refractivity contribution in [1.29, 1.82) is 0 Å². The number of nitrogens with two attached hydrogens (primary N) is 1. The van der Waals surface area contributed by atoms with Crippen molar-refractivity contribution >= 4 is 18.3 Å². The fraction of sp³-hybridized carbons (Fsp3) is 0.769. The smallest absolute Gasteiger partial charge is 0.237 e. The molecule has 104 valence electrons. The summed E-state index contributed by atoms with van der Waals surface area (Å²) in [5, 5.41) is 2.86. The van der Waals surface area contributed by atoms with E-state index < -0.39 is 0 Å². The lowest BCUT2D eigenvalue weighted by Crippen LogP contribution is -2.45. The second-order valence-corrected chi connectivity index (χ2v) is 5.33. The molecule has 5 heteroatoms. The van der Waals surface area contributed by atoms with E-state index in [1.807, 2.05) is 6.92 Å². The van der Waals surface area contributed by atoms with Crippen LogP contribution in [0.1, 0.15) is 19.8 Å². The van der Waals surface area contributed by atoms with Gasteiger partial charge in [-0.1, -0.05) is 6.08 Å². The van der Waals surface area contributed by atoms with Crippen LogP contribution in [0, 0.1) is 11.8 Å². The molecular formula is C13H24ClN3O. The van der Waals surface area contributed by atoms with Gasteiger partial charge < -0.3 is 11.1 Å². The summed E-state index contributed by atoms with van der Waals surface area (Å²) in [6.45, 7) is 8.13. The highest BCUT2D eigenvalue weighted by molar-refractivity contribution is 5.85. The van der Waals surface area contributed by atoms with E-state index in [1.165, 1.54) is 6.42 Å². The van der Waals surface area contributed by atoms with Gasteiger partial charge in [0.25, 0.3) is 0 Å². The Hall–Kier alpha value is -0.580. The van der Waals surface area contributed by atoms with Gasteiger partial charge in [-0.2, -0.15) is 0 Å². The first-order valence-corrected chi connectivity index (χ1v) is 6.51. The molecule has 1 aliphatic carbocycles. The molecule has 0 radical (unpaired) electrons. The zero-order valence-electron chi connectivity index (χ0n) is 11.0. The first-order valence-electron chi connectivity index (χ1n) is 6.51. The number of nitrogens with zero attached hydrogens (tertiary/aromatic N) is 1. The molecule has 1 heterocycles. The highest BCUT2D eigenvalue weighted by atomic mass is 35.5. The van der Waals surface area contributed by atoms with Gasteiger partial charge >= 0.3 is 0 Å². The lowest BCUT2D eigenvalue weighted by molar-refractivity contribution is -0.125. The van der Waals surface area contributed by atoms with Gasteiger partial charge in [-0.3, -0.25) is 9.69 Å². The first kappa shape index (κ1) is 15.5. The highest BCUT2D eigenvalue weighted by Gasteiger charge is 2.43. The summed E-state index contributed by atoms with van der Waals surface area (Å²) in [6.07, 6.45) is 4.09. The maximum absolute atomic E-state index is 11.9. The molecule has 2 rings (SSSR count). The molecular weight excluding hydrogens is 250 g/mol. The molecule has 2 aliphatic rings. The molecule has 1 saturated carbocycles. The minimum atomic E-state index is -0.0484. The van der Waals surface area contributed by atoms with Gasteiger partial charge in [0, 0.05) is 25.7 Å². The number of nitrogens with one attached hydrogen (secondary N) is 1. The molecule has 0 bridgehead atoms. The van der Waals surface area contributed by atoms with Gasteiger partial charge in [0.15, 0.2) is 0 Å². The Labute approximate surface area is 115 Å². The molecule has 4 unspecified atom stereocenters. The van der Waals surface area contributed by atoms with Crippen molar-refractivity contribution in [2.45, 2.75) is 31.8 Å². The molecule has 1 aliphatic heterocycles. The largest absolute Gasteiger partial charge is 0.351 e. The normalized spacial score (nSPS) is 32.4. The van der Waals surface area contributed by atoms with E-state index in [4.69, 9.17) is 5.73 Å². The minimum Gasteiger partial charge on any atom is -0.351 e. The predicted octanol–water partition coefficient (Wildman–Crippen LogP) is 0.768. The summed E-state index contributed by atoms with van der Waals surface area (Å²) in [7, 11) is 0. The van der Waals surface area contributed by atoms with Crippen molar-refractivity contribution in [3.8, 4) is 0 Å². The molecule has 4 nitrogen and oxygen atoms in total. The molecule has 0 aromatic rings. The molecule has 2 fully saturated rings. The number of halogens is 1. The van der Waals surface area contributed by atoms with Crippen LogP contribution in [0.3, 0.4) is 0 Å². The Bertz CT molecular complexity index is 311. The third-order valence-electron chi connectivity index (χ3n) is 4.29. The van der Waals surface area contributed by atoms with Crippen LogP contribution >= 0.6 is 12.4 Å². The van der Waals surface area contributed by atoms with Crippen LogP contribution in [0.2, 0.25) is 0 Å². The Kier molecular flexibility index (Phi) is 5.63. The van der Waals surface area contributed by atoms with Gasteiger partial charge in [0.1, 0.15) is 0 Å². The van der Waals surface area contributed by atoms with E-state index >= 15 is 0 Å². The van der Waals surface area contributed by atoms with E-state index in [-0.39, 0.29) is 24.4 Å². The third kappa shape index (κ3) is 3.05. The molecule has 3 N–H and O–H groups in total. The maximum atomic E-state index is 11.9. The Morgan fingerprint density at radius 1 is 1.56 bits per heavy atom. The Balaban J connectivity index is 0.00000162. The van der Waals surface area contributed by atoms with E-state index in [0.29, 0.717) is 24.4 Å². The quantitative estimate of drug-likeness (QED) is 0.744. The molecule has 0 aromatic heterocycles. The van der Waals surface area contributed by atoms with E-state index in [1.54, 1.807) is 6.08 Å². The van der Waals surface area contributed by atoms with Crippen LogP contribution in [-0.2, 0) is 4.79 Å². The Morgan fingerprint density at radius 3 is 2.89 bits per heavy atom. The van der Waals surface area contributed by atoms with Gasteiger partial charge in [-0.15, -0.1) is 19.0 Å². The molecule has 18 heavy (non-hydrogen) atoms. The lowest BCUT2D eigenvalue weighted by Gasteiger charge is -2.24. The molecule has 4 atom stereocenters. The molecule has 1 amide bonds. The minimum absolute atomic E-state index is 0. The van der Waals surface area contributed by atoms with Crippen LogP contribution in [0.15, 0.2) is 12.7 Å². The van der Waals surface area contributed by atoms with Crippen molar-refractivity contribution in [2.24, 2.45) is 17.6 Å². The highest BCUT2D eigenvalue weighted by Crippen LogP contribution is 2.37. The Morgan fingerprint density at radius 2 is 2.28 bits per heavy atom. The fourth-order valence-corrected chi connectivity index (χ4v) is 3.14. The summed E-state index contributed by atoms with van der Waals surface area (Å²) in [6, 6.07) is 0.293. The van der Waals surface area contributed by atoms with E-state index in [0.717, 1.165) is 19.5 Å². The van der Waals surface area contributed by atoms with Crippen molar-refractivity contribution < 1.29 is 4.79 Å². The summed E-state index contributed by atoms with van der Waals surface area (Å²) < 4.78 is 0. The number of carbonyl (C=O) groups is 1. The number of amides is 1. The predicted molar refractivity (Wildman–Crippen MR) is 75.7 cm³/mol. The van der Waals surface area contributed by atoms with Crippen molar-refractivity contribution in [1.82, 2.24) is 10.2 Å². The first-order chi connectivity index (χ1) is 8.13. The lowest BCUT2D eigenvalue weighted by atomic mass is 9.98. The summed E-state index contributed by atoms with van der Waals surface area (Å²) in [5.41, 5.74) is 6.10. The molecule has 0 spiro atoms. The van der Waals surface area contributed by atoms with Crippen LogP contribution in [-0.4, -0.2) is 42.5 Å². The van der Waals surface area contributed by atoms with Crippen LogP contribution in [0.4, 0.5) is 0 Å². The van der Waals surface area contributed by atoms with Crippen LogP contribution in [0.25, 0.3) is 0 Å². The van der Waals surface area contributed by atoms with E-state index in [9.17, 15) is 4.79 Å². The fourth-order valence-electron chi connectivity index (χ4n) is 3.14. The topological polar surface area (TPSA) is 58.4 Å². The van der Waals surface area contributed by atoms with Gasteiger partial charge in [-0.25, -0.2) is 0 Å². The summed E-state index contributed by atoms with van der Waals surface area (Å²) >= 11 is 0. The monoisotopic (exact) mass is 273 g/mol. The second-order valence-electron chi connectivity index (χ2n) is 5.33. The number of carbonyl (C=O) groups excluding carboxylic acids is 1. The van der Waals surface area contributed by atoms with Gasteiger partial charge in [0.2, 0.25) is 5.91 Å². The molecule has 1 saturated heterocycles. The average molecular weight is 274 g/mol. The van der Waals surface area contributed by atoms with Crippen molar-refractivity contribution in [3.05, 3.63) is 12.7 Å². The number of fused-ring (bicyclic) bond motifs is 1. The number of rotatable bonds is 4.